The number of imidazole rings is 1. The number of aromatic carboxylic acids is 1. The Bertz CT molecular complexity index is 1220. The lowest BCUT2D eigenvalue weighted by molar-refractivity contribution is 0.0689. The van der Waals surface area contributed by atoms with Crippen LogP contribution in [0.3, 0.4) is 0 Å². The predicted molar refractivity (Wildman–Crippen MR) is 106 cm³/mol. The number of carbonyl (C=O) groups is 1. The number of benzene rings is 1. The molecule has 0 amide bonds. The topological polar surface area (TPSA) is 106 Å². The lowest BCUT2D eigenvalue weighted by atomic mass is 10.0. The molecule has 3 aromatic heterocycles. The standard InChI is InChI=1S/C20H17FN6O2/c1-3-13-14(8-9-22-16(13)19(28)29)17-25-15-10-23-20(26-18(15)27(17)2)24-12-6-4-11(21)5-7-12/h4-10H,3H2,1-2H3,(H,28,29)(H,23,24,26). The van der Waals surface area contributed by atoms with Crippen molar-refractivity contribution in [2.24, 2.45) is 7.05 Å². The van der Waals surface area contributed by atoms with Crippen molar-refractivity contribution in [3.63, 3.8) is 0 Å². The molecule has 1 aromatic carbocycles. The summed E-state index contributed by atoms with van der Waals surface area (Å²) in [5, 5.41) is 12.5. The van der Waals surface area contributed by atoms with Crippen molar-refractivity contribution in [2.45, 2.75) is 13.3 Å². The van der Waals surface area contributed by atoms with E-state index in [-0.39, 0.29) is 11.5 Å². The highest BCUT2D eigenvalue weighted by Gasteiger charge is 2.20. The van der Waals surface area contributed by atoms with E-state index < -0.39 is 5.97 Å². The first kappa shape index (κ1) is 18.5. The van der Waals surface area contributed by atoms with Gasteiger partial charge in [0.05, 0.1) is 6.20 Å². The minimum atomic E-state index is -1.08. The molecular formula is C20H17FN6O2. The molecule has 4 aromatic rings. The second-order valence-corrected chi connectivity index (χ2v) is 6.37. The van der Waals surface area contributed by atoms with Gasteiger partial charge in [0, 0.05) is 24.5 Å². The van der Waals surface area contributed by atoms with Gasteiger partial charge in [-0.1, -0.05) is 6.92 Å². The van der Waals surface area contributed by atoms with E-state index in [0.29, 0.717) is 46.2 Å². The Morgan fingerprint density at radius 1 is 1.17 bits per heavy atom. The van der Waals surface area contributed by atoms with E-state index >= 15 is 0 Å². The summed E-state index contributed by atoms with van der Waals surface area (Å²) in [7, 11) is 1.81. The third kappa shape index (κ3) is 3.38. The van der Waals surface area contributed by atoms with Crippen molar-refractivity contribution in [1.82, 2.24) is 24.5 Å². The first-order valence-electron chi connectivity index (χ1n) is 8.91. The number of pyridine rings is 1. The summed E-state index contributed by atoms with van der Waals surface area (Å²) < 4.78 is 14.9. The molecule has 9 heteroatoms. The summed E-state index contributed by atoms with van der Waals surface area (Å²) in [6.07, 6.45) is 3.55. The van der Waals surface area contributed by atoms with Crippen molar-refractivity contribution in [3.05, 3.63) is 59.8 Å². The Balaban J connectivity index is 1.78. The minimum Gasteiger partial charge on any atom is -0.477 e. The fourth-order valence-electron chi connectivity index (χ4n) is 3.19. The van der Waals surface area contributed by atoms with E-state index in [2.05, 4.69) is 25.3 Å². The Morgan fingerprint density at radius 3 is 2.62 bits per heavy atom. The lowest BCUT2D eigenvalue weighted by Crippen LogP contribution is -2.08. The number of rotatable bonds is 5. The van der Waals surface area contributed by atoms with E-state index in [1.165, 1.54) is 18.3 Å². The maximum absolute atomic E-state index is 13.1. The lowest BCUT2D eigenvalue weighted by Gasteiger charge is -2.10. The number of aromatic nitrogens is 5. The van der Waals surface area contributed by atoms with Gasteiger partial charge in [0.15, 0.2) is 11.3 Å². The molecule has 0 bridgehead atoms. The van der Waals surface area contributed by atoms with Gasteiger partial charge in [0.25, 0.3) is 0 Å². The van der Waals surface area contributed by atoms with Crippen LogP contribution in [0.1, 0.15) is 23.0 Å². The Hall–Kier alpha value is -3.88. The molecule has 0 radical (unpaired) electrons. The van der Waals surface area contributed by atoms with Crippen LogP contribution in [0.5, 0.6) is 0 Å². The Kier molecular flexibility index (Phi) is 4.63. The zero-order valence-corrected chi connectivity index (χ0v) is 15.7. The summed E-state index contributed by atoms with van der Waals surface area (Å²) in [6.45, 7) is 1.88. The number of nitrogens with one attached hydrogen (secondary N) is 1. The molecule has 0 unspecified atom stereocenters. The van der Waals surface area contributed by atoms with Crippen molar-refractivity contribution in [3.8, 4) is 11.4 Å². The fourth-order valence-corrected chi connectivity index (χ4v) is 3.19. The van der Waals surface area contributed by atoms with Crippen molar-refractivity contribution >= 4 is 28.8 Å². The van der Waals surface area contributed by atoms with E-state index in [1.54, 1.807) is 36.0 Å². The molecule has 0 atom stereocenters. The monoisotopic (exact) mass is 392 g/mol. The Labute approximate surface area is 165 Å². The van der Waals surface area contributed by atoms with Gasteiger partial charge in [0.2, 0.25) is 5.95 Å². The highest BCUT2D eigenvalue weighted by atomic mass is 19.1. The molecule has 0 fully saturated rings. The molecule has 0 saturated carbocycles. The summed E-state index contributed by atoms with van der Waals surface area (Å²) in [4.78, 5) is 28.9. The van der Waals surface area contributed by atoms with E-state index in [9.17, 15) is 14.3 Å². The number of carboxylic acid groups (broad SMARTS) is 1. The molecule has 0 aliphatic carbocycles. The van der Waals surface area contributed by atoms with Crippen molar-refractivity contribution < 1.29 is 14.3 Å². The van der Waals surface area contributed by atoms with Gasteiger partial charge >= 0.3 is 5.97 Å². The molecular weight excluding hydrogens is 375 g/mol. The SMILES string of the molecule is CCc1c(-c2nc3cnc(Nc4ccc(F)cc4)nc3n2C)ccnc1C(=O)O. The zero-order chi connectivity index (χ0) is 20.5. The van der Waals surface area contributed by atoms with Gasteiger partial charge in [-0.15, -0.1) is 0 Å². The summed E-state index contributed by atoms with van der Waals surface area (Å²) >= 11 is 0. The first-order chi connectivity index (χ1) is 14.0. The highest BCUT2D eigenvalue weighted by Crippen LogP contribution is 2.28. The molecule has 0 aliphatic heterocycles. The van der Waals surface area contributed by atoms with Crippen LogP contribution < -0.4 is 5.32 Å². The van der Waals surface area contributed by atoms with Gasteiger partial charge < -0.3 is 15.0 Å². The smallest absolute Gasteiger partial charge is 0.354 e. The van der Waals surface area contributed by atoms with Crippen LogP contribution in [0.2, 0.25) is 0 Å². The molecule has 0 aliphatic rings. The molecule has 29 heavy (non-hydrogen) atoms. The molecule has 146 valence electrons. The zero-order valence-electron chi connectivity index (χ0n) is 15.7. The van der Waals surface area contributed by atoms with Gasteiger partial charge in [-0.3, -0.25) is 0 Å². The van der Waals surface area contributed by atoms with E-state index in [4.69, 9.17) is 0 Å². The average Bonchev–Trinajstić information content (AvgIpc) is 3.05. The van der Waals surface area contributed by atoms with Gasteiger partial charge in [-0.05, 0) is 42.3 Å². The number of fused-ring (bicyclic) bond motifs is 1. The van der Waals surface area contributed by atoms with Crippen molar-refractivity contribution in [1.29, 1.82) is 0 Å². The summed E-state index contributed by atoms with van der Waals surface area (Å²) in [6, 6.07) is 7.63. The quantitative estimate of drug-likeness (QED) is 0.535. The van der Waals surface area contributed by atoms with Crippen LogP contribution >= 0.6 is 0 Å². The second kappa shape index (κ2) is 7.27. The van der Waals surface area contributed by atoms with E-state index in [1.807, 2.05) is 6.92 Å². The first-order valence-corrected chi connectivity index (χ1v) is 8.91. The van der Waals surface area contributed by atoms with Crippen LogP contribution in [0.25, 0.3) is 22.6 Å². The highest BCUT2D eigenvalue weighted by molar-refractivity contribution is 5.90. The van der Waals surface area contributed by atoms with Crippen LogP contribution in [0.15, 0.2) is 42.7 Å². The van der Waals surface area contributed by atoms with Gasteiger partial charge in [-0.2, -0.15) is 4.98 Å². The predicted octanol–water partition coefficient (Wildman–Crippen LogP) is 3.57. The van der Waals surface area contributed by atoms with Crippen molar-refractivity contribution in [2.75, 3.05) is 5.32 Å². The second-order valence-electron chi connectivity index (χ2n) is 6.37. The number of anilines is 2. The molecule has 2 N–H and O–H groups in total. The van der Waals surface area contributed by atoms with Gasteiger partial charge in [0.1, 0.15) is 17.2 Å². The Morgan fingerprint density at radius 2 is 1.93 bits per heavy atom. The largest absolute Gasteiger partial charge is 0.477 e. The van der Waals surface area contributed by atoms with Crippen LogP contribution in [0.4, 0.5) is 16.0 Å². The maximum Gasteiger partial charge on any atom is 0.354 e. The number of halogens is 1. The fraction of sp³-hybridized carbons (Fsp3) is 0.150. The third-order valence-corrected chi connectivity index (χ3v) is 4.56. The number of nitrogens with zero attached hydrogens (tertiary/aromatic N) is 5. The minimum absolute atomic E-state index is 0.0156. The molecule has 0 saturated heterocycles. The number of aryl methyl sites for hydroxylation is 1. The van der Waals surface area contributed by atoms with Gasteiger partial charge in [-0.25, -0.2) is 24.1 Å². The number of carboxylic acids is 1. The van der Waals surface area contributed by atoms with E-state index in [0.717, 1.165) is 0 Å². The molecule has 0 spiro atoms. The average molecular weight is 392 g/mol. The normalized spacial score (nSPS) is 11.0. The maximum atomic E-state index is 13.1. The molecule has 4 rings (SSSR count). The summed E-state index contributed by atoms with van der Waals surface area (Å²) in [5.74, 6) is -0.480. The van der Waals surface area contributed by atoms with Crippen LogP contribution in [-0.2, 0) is 13.5 Å². The molecule has 3 heterocycles. The summed E-state index contributed by atoms with van der Waals surface area (Å²) in [5.41, 5.74) is 3.12. The molecule has 8 nitrogen and oxygen atoms in total. The third-order valence-electron chi connectivity index (χ3n) is 4.56. The van der Waals surface area contributed by atoms with Crippen LogP contribution in [0, 0.1) is 5.82 Å². The number of hydrogen-bond acceptors (Lipinski definition) is 6. The number of hydrogen-bond donors (Lipinski definition) is 2. The van der Waals surface area contributed by atoms with Crippen LogP contribution in [-0.4, -0.2) is 35.6 Å².